The molecule has 2 saturated heterocycles. The van der Waals surface area contributed by atoms with Gasteiger partial charge in [-0.25, -0.2) is 4.39 Å². The smallest absolute Gasteiger partial charge is 0.230 e. The molecular formula is C27H33FN8O2. The second-order valence-electron chi connectivity index (χ2n) is 9.59. The summed E-state index contributed by atoms with van der Waals surface area (Å²) in [7, 11) is 1.59. The van der Waals surface area contributed by atoms with Crippen molar-refractivity contribution in [1.29, 1.82) is 5.26 Å². The van der Waals surface area contributed by atoms with Crippen LogP contribution in [0.3, 0.4) is 0 Å². The highest BCUT2D eigenvalue weighted by molar-refractivity contribution is 5.84. The molecule has 10 nitrogen and oxygen atoms in total. The van der Waals surface area contributed by atoms with E-state index in [0.717, 1.165) is 42.6 Å². The fourth-order valence-corrected chi connectivity index (χ4v) is 5.52. The SMILES string of the molecule is CN=CN=NN.Cc1c(C2CN3CCN(C(=O)C4CCCc5ncccc54)CC3CO2)ccc(F)c1C#N. The maximum atomic E-state index is 13.9. The van der Waals surface area contributed by atoms with Gasteiger partial charge in [-0.3, -0.25) is 19.7 Å². The Morgan fingerprint density at radius 1 is 1.29 bits per heavy atom. The number of aliphatic imine (C=N–C) groups is 1. The van der Waals surface area contributed by atoms with Gasteiger partial charge in [0, 0.05) is 45.1 Å². The average molecular weight is 521 g/mol. The number of hydrogen-bond donors (Lipinski definition) is 1. The molecule has 0 spiro atoms. The lowest BCUT2D eigenvalue weighted by Crippen LogP contribution is -2.60. The number of amides is 1. The Kier molecular flexibility index (Phi) is 9.10. The van der Waals surface area contributed by atoms with Crippen LogP contribution >= 0.6 is 0 Å². The Morgan fingerprint density at radius 2 is 2.13 bits per heavy atom. The van der Waals surface area contributed by atoms with Crippen LogP contribution in [0.15, 0.2) is 45.8 Å². The van der Waals surface area contributed by atoms with E-state index in [1.165, 1.54) is 12.4 Å². The summed E-state index contributed by atoms with van der Waals surface area (Å²) in [5, 5.41) is 15.4. The molecule has 2 N–H and O–H groups in total. The number of nitriles is 1. The van der Waals surface area contributed by atoms with Gasteiger partial charge in [0.2, 0.25) is 5.91 Å². The van der Waals surface area contributed by atoms with E-state index in [4.69, 9.17) is 4.74 Å². The van der Waals surface area contributed by atoms with Crippen molar-refractivity contribution in [2.24, 2.45) is 21.2 Å². The summed E-state index contributed by atoms with van der Waals surface area (Å²) in [6.07, 6.45) is 5.70. The number of carbonyl (C=O) groups excluding carboxylic acids is 1. The van der Waals surface area contributed by atoms with Crippen molar-refractivity contribution in [3.05, 3.63) is 64.2 Å². The first-order valence-electron chi connectivity index (χ1n) is 12.8. The zero-order valence-electron chi connectivity index (χ0n) is 21.8. The van der Waals surface area contributed by atoms with E-state index in [2.05, 4.69) is 37.1 Å². The molecule has 2 aliphatic heterocycles. The van der Waals surface area contributed by atoms with Crippen LogP contribution in [-0.4, -0.2) is 72.9 Å². The van der Waals surface area contributed by atoms with Crippen molar-refractivity contribution >= 4 is 12.2 Å². The predicted octanol–water partition coefficient (Wildman–Crippen LogP) is 3.08. The van der Waals surface area contributed by atoms with Crippen LogP contribution in [-0.2, 0) is 16.0 Å². The molecule has 5 rings (SSSR count). The number of halogens is 1. The highest BCUT2D eigenvalue weighted by Gasteiger charge is 2.38. The lowest BCUT2D eigenvalue weighted by molar-refractivity contribution is -0.142. The van der Waals surface area contributed by atoms with Gasteiger partial charge < -0.3 is 15.5 Å². The van der Waals surface area contributed by atoms with Crippen LogP contribution < -0.4 is 5.84 Å². The second kappa shape index (κ2) is 12.7. The monoisotopic (exact) mass is 520 g/mol. The number of aryl methyl sites for hydroxylation is 1. The minimum atomic E-state index is -0.492. The number of pyridine rings is 1. The van der Waals surface area contributed by atoms with Gasteiger partial charge in [0.1, 0.15) is 18.2 Å². The average Bonchev–Trinajstić information content (AvgIpc) is 2.95. The van der Waals surface area contributed by atoms with E-state index < -0.39 is 5.82 Å². The third-order valence-corrected chi connectivity index (χ3v) is 7.46. The highest BCUT2D eigenvalue weighted by Crippen LogP contribution is 2.34. The van der Waals surface area contributed by atoms with Crippen LogP contribution in [0.2, 0.25) is 0 Å². The predicted molar refractivity (Wildman–Crippen MR) is 140 cm³/mol. The summed E-state index contributed by atoms with van der Waals surface area (Å²) < 4.78 is 20.1. The van der Waals surface area contributed by atoms with Crippen LogP contribution in [0.25, 0.3) is 0 Å². The highest BCUT2D eigenvalue weighted by atomic mass is 19.1. The minimum Gasteiger partial charge on any atom is -0.370 e. The third-order valence-electron chi connectivity index (χ3n) is 7.46. The van der Waals surface area contributed by atoms with E-state index in [9.17, 15) is 14.4 Å². The molecular weight excluding hydrogens is 487 g/mol. The van der Waals surface area contributed by atoms with Crippen LogP contribution in [0.4, 0.5) is 4.39 Å². The topological polar surface area (TPSA) is 133 Å². The van der Waals surface area contributed by atoms with E-state index >= 15 is 0 Å². The summed E-state index contributed by atoms with van der Waals surface area (Å²) in [4.78, 5) is 25.7. The number of aromatic nitrogens is 1. The number of fused-ring (bicyclic) bond motifs is 2. The summed E-state index contributed by atoms with van der Waals surface area (Å²) in [5.41, 5.74) is 3.75. The summed E-state index contributed by atoms with van der Waals surface area (Å²) >= 11 is 0. The van der Waals surface area contributed by atoms with Crippen molar-refractivity contribution in [2.45, 2.75) is 44.2 Å². The molecule has 0 bridgehead atoms. The normalized spacial score (nSPS) is 23.3. The first-order chi connectivity index (χ1) is 18.5. The summed E-state index contributed by atoms with van der Waals surface area (Å²) in [5.74, 6) is 4.20. The van der Waals surface area contributed by atoms with Crippen molar-refractivity contribution in [2.75, 3.05) is 39.8 Å². The Hall–Kier alpha value is -3.75. The van der Waals surface area contributed by atoms with Gasteiger partial charge in [0.15, 0.2) is 0 Å². The molecule has 2 fully saturated rings. The molecule has 38 heavy (non-hydrogen) atoms. The van der Waals surface area contributed by atoms with Crippen molar-refractivity contribution in [3.8, 4) is 6.07 Å². The van der Waals surface area contributed by atoms with E-state index in [0.29, 0.717) is 31.8 Å². The van der Waals surface area contributed by atoms with Crippen molar-refractivity contribution < 1.29 is 13.9 Å². The number of ether oxygens (including phenoxy) is 1. The Morgan fingerprint density at radius 3 is 2.87 bits per heavy atom. The Labute approximate surface area is 222 Å². The first kappa shape index (κ1) is 27.3. The Bertz CT molecular complexity index is 1230. The Balaban J connectivity index is 0.000000505. The largest absolute Gasteiger partial charge is 0.370 e. The number of carbonyl (C=O) groups is 1. The molecule has 3 atom stereocenters. The van der Waals surface area contributed by atoms with Crippen molar-refractivity contribution in [3.63, 3.8) is 0 Å². The maximum Gasteiger partial charge on any atom is 0.230 e. The van der Waals surface area contributed by atoms with Crippen LogP contribution in [0, 0.1) is 24.1 Å². The zero-order valence-corrected chi connectivity index (χ0v) is 21.8. The second-order valence-corrected chi connectivity index (χ2v) is 9.59. The lowest BCUT2D eigenvalue weighted by Gasteiger charge is -2.47. The third kappa shape index (κ3) is 5.87. The van der Waals surface area contributed by atoms with Gasteiger partial charge in [0.05, 0.1) is 30.2 Å². The molecule has 0 saturated carbocycles. The van der Waals surface area contributed by atoms with Gasteiger partial charge in [0.25, 0.3) is 0 Å². The number of nitrogens with two attached hydrogens (primary N) is 1. The molecule has 1 aliphatic carbocycles. The van der Waals surface area contributed by atoms with Gasteiger partial charge in [-0.15, -0.1) is 5.11 Å². The van der Waals surface area contributed by atoms with Gasteiger partial charge in [-0.2, -0.15) is 5.26 Å². The molecule has 1 aromatic heterocycles. The number of piperazine rings is 1. The van der Waals surface area contributed by atoms with E-state index in [-0.39, 0.29) is 29.5 Å². The molecule has 2 aromatic rings. The molecule has 0 radical (unpaired) electrons. The molecule has 200 valence electrons. The number of rotatable bonds is 3. The van der Waals surface area contributed by atoms with Gasteiger partial charge in [-0.05, 0) is 55.0 Å². The van der Waals surface area contributed by atoms with Crippen LogP contribution in [0.5, 0.6) is 0 Å². The number of hydrogen-bond acceptors (Lipinski definition) is 7. The fourth-order valence-electron chi connectivity index (χ4n) is 5.52. The van der Waals surface area contributed by atoms with Gasteiger partial charge in [-0.1, -0.05) is 17.4 Å². The molecule has 11 heteroatoms. The quantitative estimate of drug-likeness (QED) is 0.217. The zero-order chi connectivity index (χ0) is 27.1. The molecule has 1 aromatic carbocycles. The number of morpholine rings is 1. The standard InChI is InChI=1S/C25H27FN4O2.C2H6N4/c1-16-18(7-8-22(26)21(16)12-27)24-14-29-10-11-30(13-17(29)15-32-24)25(31)20-4-2-6-23-19(20)5-3-9-28-23;1-4-2-5-6-3/h3,5,7-9,17,20,24H,2,4,6,10-11,13-15H2,1H3;2H,1H3,(H2,3,4,5). The van der Waals surface area contributed by atoms with E-state index in [1.54, 1.807) is 20.0 Å². The lowest BCUT2D eigenvalue weighted by atomic mass is 9.84. The molecule has 3 unspecified atom stereocenters. The number of nitrogens with zero attached hydrogens (tertiary/aromatic N) is 7. The first-order valence-corrected chi connectivity index (χ1v) is 12.8. The summed E-state index contributed by atoms with van der Waals surface area (Å²) in [6, 6.07) is 9.17. The van der Waals surface area contributed by atoms with Crippen molar-refractivity contribution in [1.82, 2.24) is 14.8 Å². The van der Waals surface area contributed by atoms with E-state index in [1.807, 2.05) is 23.2 Å². The van der Waals surface area contributed by atoms with Crippen LogP contribution in [0.1, 0.15) is 52.8 Å². The minimum absolute atomic E-state index is 0.0888. The van der Waals surface area contributed by atoms with Gasteiger partial charge >= 0.3 is 0 Å². The molecule has 1 amide bonds. The summed E-state index contributed by atoms with van der Waals surface area (Å²) in [6.45, 7) is 5.10. The fraction of sp³-hybridized carbons (Fsp3) is 0.481. The maximum absolute atomic E-state index is 13.9. The molecule has 3 aliphatic rings. The molecule has 3 heterocycles. The number of benzene rings is 1.